The van der Waals surface area contributed by atoms with Crippen LogP contribution in [-0.4, -0.2) is 0 Å². The lowest BCUT2D eigenvalue weighted by atomic mass is 9.77. The molecule has 2 saturated carbocycles. The molecule has 0 saturated heterocycles. The fourth-order valence-electron chi connectivity index (χ4n) is 5.34. The summed E-state index contributed by atoms with van der Waals surface area (Å²) in [5, 5.41) is 8.56. The molecule has 29 heavy (non-hydrogen) atoms. The van der Waals surface area contributed by atoms with Crippen LogP contribution in [0.3, 0.4) is 0 Å². The summed E-state index contributed by atoms with van der Waals surface area (Å²) < 4.78 is 0. The third-order valence-corrected chi connectivity index (χ3v) is 7.24. The molecule has 2 aliphatic rings. The summed E-state index contributed by atoms with van der Waals surface area (Å²) in [5.41, 5.74) is 3.05. The summed E-state index contributed by atoms with van der Waals surface area (Å²) in [6, 6.07) is 11.6. The maximum Gasteiger partial charge on any atom is 0.0908 e. The number of aryl methyl sites for hydroxylation is 1. The van der Waals surface area contributed by atoms with Crippen LogP contribution in [0.1, 0.15) is 94.6 Å². The summed E-state index contributed by atoms with van der Waals surface area (Å²) >= 11 is 0. The predicted octanol–water partition coefficient (Wildman–Crippen LogP) is 8.14. The largest absolute Gasteiger partial charge is 0.193 e. The van der Waals surface area contributed by atoms with Gasteiger partial charge in [0.15, 0.2) is 0 Å². The Morgan fingerprint density at radius 2 is 1.52 bits per heavy atom. The van der Waals surface area contributed by atoms with E-state index >= 15 is 0 Å². The predicted molar refractivity (Wildman–Crippen MR) is 124 cm³/mol. The quantitative estimate of drug-likeness (QED) is 0.325. The zero-order chi connectivity index (χ0) is 20.3. The topological polar surface area (TPSA) is 23.8 Å². The maximum absolute atomic E-state index is 8.56. The van der Waals surface area contributed by atoms with E-state index in [4.69, 9.17) is 5.26 Å². The van der Waals surface area contributed by atoms with E-state index in [-0.39, 0.29) is 0 Å². The van der Waals surface area contributed by atoms with Crippen LogP contribution < -0.4 is 0 Å². The summed E-state index contributed by atoms with van der Waals surface area (Å²) in [5.74, 6) is 3.27. The van der Waals surface area contributed by atoms with Crippen LogP contribution >= 0.6 is 0 Å². The molecule has 0 aliphatic heterocycles. The van der Waals surface area contributed by atoms with Crippen LogP contribution in [0.4, 0.5) is 0 Å². The Kier molecular flexibility index (Phi) is 9.07. The van der Waals surface area contributed by atoms with Crippen molar-refractivity contribution in [2.75, 3.05) is 0 Å². The average Bonchev–Trinajstić information content (AvgIpc) is 2.77. The van der Waals surface area contributed by atoms with Gasteiger partial charge in [0.05, 0.1) is 6.07 Å². The van der Waals surface area contributed by atoms with E-state index in [9.17, 15) is 0 Å². The molecule has 156 valence electrons. The third-order valence-electron chi connectivity index (χ3n) is 7.24. The summed E-state index contributed by atoms with van der Waals surface area (Å²) in [7, 11) is 0. The Morgan fingerprint density at radius 3 is 2.10 bits per heavy atom. The molecular formula is C28H39N. The third kappa shape index (κ3) is 7.18. The number of hydrogen-bond acceptors (Lipinski definition) is 1. The Bertz CT molecular complexity index is 674. The van der Waals surface area contributed by atoms with Crippen molar-refractivity contribution in [2.24, 2.45) is 17.8 Å². The van der Waals surface area contributed by atoms with Crippen LogP contribution in [0.2, 0.25) is 0 Å². The molecule has 0 spiro atoms. The number of hydrogen-bond donors (Lipinski definition) is 0. The van der Waals surface area contributed by atoms with Gasteiger partial charge in [0.1, 0.15) is 0 Å². The molecule has 3 rings (SSSR count). The second-order valence-electron chi connectivity index (χ2n) is 9.38. The number of allylic oxidation sites excluding steroid dienone is 4. The van der Waals surface area contributed by atoms with Crippen molar-refractivity contribution in [3.63, 3.8) is 0 Å². The van der Waals surface area contributed by atoms with Crippen LogP contribution in [0.25, 0.3) is 0 Å². The molecule has 1 aromatic rings. The van der Waals surface area contributed by atoms with Crippen molar-refractivity contribution in [3.05, 3.63) is 59.7 Å². The molecule has 2 fully saturated rings. The van der Waals surface area contributed by atoms with Crippen molar-refractivity contribution in [1.82, 2.24) is 0 Å². The first-order chi connectivity index (χ1) is 14.3. The standard InChI is InChI=1S/C28H39N/c1-2-6-23-14-18-27(19-15-23)28-20-16-26(17-21-28)13-12-25-10-8-24(9-11-25)7-4-3-5-22-29/h3,5,12-15,18-19,24-26,28H,2,4,6-11,16-17,20-21H2,1H3. The van der Waals surface area contributed by atoms with E-state index < -0.39 is 0 Å². The second-order valence-corrected chi connectivity index (χ2v) is 9.38. The van der Waals surface area contributed by atoms with Crippen molar-refractivity contribution in [2.45, 2.75) is 89.9 Å². The Labute approximate surface area is 178 Å². The number of nitrogens with zero attached hydrogens (tertiary/aromatic N) is 1. The van der Waals surface area contributed by atoms with Crippen molar-refractivity contribution < 1.29 is 0 Å². The fourth-order valence-corrected chi connectivity index (χ4v) is 5.34. The van der Waals surface area contributed by atoms with E-state index in [0.29, 0.717) is 0 Å². The Balaban J connectivity index is 1.36. The molecule has 0 unspecified atom stereocenters. The highest BCUT2D eigenvalue weighted by Gasteiger charge is 2.22. The van der Waals surface area contributed by atoms with Gasteiger partial charge in [-0.2, -0.15) is 5.26 Å². The molecular weight excluding hydrogens is 350 g/mol. The van der Waals surface area contributed by atoms with Gasteiger partial charge in [-0.1, -0.05) is 55.8 Å². The molecule has 0 bridgehead atoms. The summed E-state index contributed by atoms with van der Waals surface area (Å²) in [4.78, 5) is 0. The summed E-state index contributed by atoms with van der Waals surface area (Å²) in [6.07, 6.45) is 24.5. The molecule has 0 amide bonds. The summed E-state index contributed by atoms with van der Waals surface area (Å²) in [6.45, 7) is 2.25. The van der Waals surface area contributed by atoms with Gasteiger partial charge in [0.25, 0.3) is 0 Å². The monoisotopic (exact) mass is 389 g/mol. The zero-order valence-corrected chi connectivity index (χ0v) is 18.4. The van der Waals surface area contributed by atoms with Gasteiger partial charge in [-0.15, -0.1) is 0 Å². The molecule has 1 heteroatoms. The Morgan fingerprint density at radius 1 is 0.897 bits per heavy atom. The van der Waals surface area contributed by atoms with E-state index in [1.54, 1.807) is 11.6 Å². The number of benzene rings is 1. The first kappa shape index (κ1) is 21.9. The van der Waals surface area contributed by atoms with Crippen LogP contribution in [0.5, 0.6) is 0 Å². The molecule has 0 aromatic heterocycles. The van der Waals surface area contributed by atoms with Crippen molar-refractivity contribution in [1.29, 1.82) is 5.26 Å². The number of nitriles is 1. The van der Waals surface area contributed by atoms with Gasteiger partial charge in [-0.25, -0.2) is 0 Å². The molecule has 0 heterocycles. The van der Waals surface area contributed by atoms with E-state index in [0.717, 1.165) is 30.1 Å². The van der Waals surface area contributed by atoms with E-state index in [1.165, 1.54) is 76.2 Å². The van der Waals surface area contributed by atoms with Crippen LogP contribution in [0, 0.1) is 29.1 Å². The highest BCUT2D eigenvalue weighted by Crippen LogP contribution is 2.37. The highest BCUT2D eigenvalue weighted by molar-refractivity contribution is 5.26. The van der Waals surface area contributed by atoms with E-state index in [1.807, 2.05) is 6.08 Å². The van der Waals surface area contributed by atoms with Gasteiger partial charge >= 0.3 is 0 Å². The lowest BCUT2D eigenvalue weighted by Crippen LogP contribution is -2.14. The van der Waals surface area contributed by atoms with Crippen LogP contribution in [0.15, 0.2) is 48.6 Å². The fraction of sp³-hybridized carbons (Fsp3) is 0.607. The molecule has 0 atom stereocenters. The Hall–Kier alpha value is -1.81. The SMILES string of the molecule is CCCc1ccc(C2CCC(C=CC3CCC(CCC=CC#N)CC3)CC2)cc1. The zero-order valence-electron chi connectivity index (χ0n) is 18.4. The lowest BCUT2D eigenvalue weighted by Gasteiger charge is -2.29. The van der Waals surface area contributed by atoms with Crippen molar-refractivity contribution in [3.8, 4) is 6.07 Å². The van der Waals surface area contributed by atoms with Gasteiger partial charge in [0, 0.05) is 6.08 Å². The minimum atomic E-state index is 0.779. The molecule has 2 aliphatic carbocycles. The van der Waals surface area contributed by atoms with Crippen LogP contribution in [-0.2, 0) is 6.42 Å². The van der Waals surface area contributed by atoms with Gasteiger partial charge in [0.2, 0.25) is 0 Å². The van der Waals surface area contributed by atoms with E-state index in [2.05, 4.69) is 49.4 Å². The lowest BCUT2D eigenvalue weighted by molar-refractivity contribution is 0.295. The molecule has 0 radical (unpaired) electrons. The highest BCUT2D eigenvalue weighted by atomic mass is 14.3. The van der Waals surface area contributed by atoms with Gasteiger partial charge in [-0.3, -0.25) is 0 Å². The van der Waals surface area contributed by atoms with Gasteiger partial charge in [-0.05, 0) is 105 Å². The maximum atomic E-state index is 8.56. The normalized spacial score (nSPS) is 28.0. The van der Waals surface area contributed by atoms with Gasteiger partial charge < -0.3 is 0 Å². The molecule has 1 nitrogen and oxygen atoms in total. The molecule has 1 aromatic carbocycles. The van der Waals surface area contributed by atoms with Crippen molar-refractivity contribution >= 4 is 0 Å². The average molecular weight is 390 g/mol. The number of rotatable bonds is 8. The molecule has 0 N–H and O–H groups in total. The first-order valence-electron chi connectivity index (χ1n) is 12.1. The smallest absolute Gasteiger partial charge is 0.0908 e. The second kappa shape index (κ2) is 12.0. The minimum Gasteiger partial charge on any atom is -0.193 e. The first-order valence-corrected chi connectivity index (χ1v) is 12.1. The minimum absolute atomic E-state index is 0.779.